The summed E-state index contributed by atoms with van der Waals surface area (Å²) in [5.74, 6) is 0.709. The number of benzene rings is 1. The predicted molar refractivity (Wildman–Crippen MR) is 84.7 cm³/mol. The molecule has 0 aliphatic heterocycles. The van der Waals surface area contributed by atoms with Gasteiger partial charge in [0.1, 0.15) is 11.0 Å². The molecule has 2 aromatic heterocycles. The molecule has 3 nitrogen and oxygen atoms in total. The van der Waals surface area contributed by atoms with Crippen molar-refractivity contribution in [3.63, 3.8) is 0 Å². The van der Waals surface area contributed by atoms with Gasteiger partial charge in [0.05, 0.1) is 10.5 Å². The van der Waals surface area contributed by atoms with Crippen LogP contribution in [0.2, 0.25) is 10.2 Å². The molecule has 0 fully saturated rings. The first-order chi connectivity index (χ1) is 9.04. The highest BCUT2D eigenvalue weighted by Crippen LogP contribution is 2.31. The average Bonchev–Trinajstić information content (AvgIpc) is 2.72. The second kappa shape index (κ2) is 5.05. The number of pyridine rings is 1. The zero-order valence-corrected chi connectivity index (χ0v) is 13.9. The summed E-state index contributed by atoms with van der Waals surface area (Å²) in [7, 11) is 0. The number of halogens is 4. The molecule has 0 aliphatic carbocycles. The lowest BCUT2D eigenvalue weighted by atomic mass is 10.2. The normalized spacial score (nSPS) is 11.2. The van der Waals surface area contributed by atoms with Gasteiger partial charge in [0.25, 0.3) is 0 Å². The fourth-order valence-corrected chi connectivity index (χ4v) is 3.23. The number of aromatic nitrogens is 3. The van der Waals surface area contributed by atoms with Crippen molar-refractivity contribution in [3.05, 3.63) is 43.4 Å². The Hall–Kier alpha value is -0.620. The molecule has 0 amide bonds. The highest BCUT2D eigenvalue weighted by Gasteiger charge is 2.11. The van der Waals surface area contributed by atoms with Crippen molar-refractivity contribution in [3.8, 4) is 11.4 Å². The van der Waals surface area contributed by atoms with Crippen molar-refractivity contribution in [1.29, 1.82) is 0 Å². The van der Waals surface area contributed by atoms with Crippen LogP contribution in [-0.4, -0.2) is 15.0 Å². The SMILES string of the molecule is Clc1cc2[nH]c(-c3ccc(Br)cc3Br)nc2nc1Cl. The van der Waals surface area contributed by atoms with Gasteiger partial charge in [0.2, 0.25) is 0 Å². The summed E-state index contributed by atoms with van der Waals surface area (Å²) < 4.78 is 1.92. The number of hydrogen-bond donors (Lipinski definition) is 1. The van der Waals surface area contributed by atoms with E-state index in [4.69, 9.17) is 23.2 Å². The maximum absolute atomic E-state index is 5.94. The van der Waals surface area contributed by atoms with Gasteiger partial charge in [-0.1, -0.05) is 39.1 Å². The standard InChI is InChI=1S/C12H5Br2Cl2N3/c13-5-1-2-6(7(14)3-5)11-17-9-4-8(15)10(16)18-12(9)19-11/h1-4H,(H,17,18,19). The third-order valence-electron chi connectivity index (χ3n) is 2.57. The van der Waals surface area contributed by atoms with Crippen molar-refractivity contribution in [1.82, 2.24) is 15.0 Å². The molecule has 0 bridgehead atoms. The molecular weight excluding hydrogens is 417 g/mol. The van der Waals surface area contributed by atoms with Gasteiger partial charge in [-0.15, -0.1) is 0 Å². The average molecular weight is 422 g/mol. The summed E-state index contributed by atoms with van der Waals surface area (Å²) in [5, 5.41) is 0.654. The Kier molecular flexibility index (Phi) is 3.55. The molecule has 0 saturated heterocycles. The smallest absolute Gasteiger partial charge is 0.179 e. The summed E-state index contributed by atoms with van der Waals surface area (Å²) in [6, 6.07) is 7.57. The fraction of sp³-hybridized carbons (Fsp3) is 0. The van der Waals surface area contributed by atoms with Crippen LogP contribution in [0.1, 0.15) is 0 Å². The van der Waals surface area contributed by atoms with Gasteiger partial charge in [0, 0.05) is 14.5 Å². The van der Waals surface area contributed by atoms with E-state index in [1.165, 1.54) is 0 Å². The lowest BCUT2D eigenvalue weighted by molar-refractivity contribution is 1.29. The van der Waals surface area contributed by atoms with E-state index in [0.29, 0.717) is 16.5 Å². The highest BCUT2D eigenvalue weighted by atomic mass is 79.9. The van der Waals surface area contributed by atoms with Crippen LogP contribution in [-0.2, 0) is 0 Å². The number of fused-ring (bicyclic) bond motifs is 1. The quantitative estimate of drug-likeness (QED) is 0.530. The van der Waals surface area contributed by atoms with Crippen LogP contribution in [0.25, 0.3) is 22.6 Å². The summed E-state index contributed by atoms with van der Waals surface area (Å²) >= 11 is 18.7. The molecule has 1 N–H and O–H groups in total. The number of imidazole rings is 1. The third kappa shape index (κ3) is 2.52. The topological polar surface area (TPSA) is 41.6 Å². The lowest BCUT2D eigenvalue weighted by Crippen LogP contribution is -1.82. The minimum Gasteiger partial charge on any atom is -0.336 e. The van der Waals surface area contributed by atoms with Crippen LogP contribution in [0.5, 0.6) is 0 Å². The van der Waals surface area contributed by atoms with Crippen LogP contribution in [0.3, 0.4) is 0 Å². The Morgan fingerprint density at radius 3 is 2.58 bits per heavy atom. The van der Waals surface area contributed by atoms with E-state index >= 15 is 0 Å². The second-order valence-corrected chi connectivity index (χ2v) is 6.38. The van der Waals surface area contributed by atoms with Crippen LogP contribution in [0.4, 0.5) is 0 Å². The molecule has 0 radical (unpaired) electrons. The Balaban J connectivity index is 2.20. The molecule has 2 heterocycles. The summed E-state index contributed by atoms with van der Waals surface area (Å²) in [4.78, 5) is 11.7. The maximum Gasteiger partial charge on any atom is 0.179 e. The van der Waals surface area contributed by atoms with E-state index in [-0.39, 0.29) is 5.15 Å². The molecular formula is C12H5Br2Cl2N3. The van der Waals surface area contributed by atoms with E-state index in [9.17, 15) is 0 Å². The molecule has 96 valence electrons. The molecule has 0 atom stereocenters. The first kappa shape index (κ1) is 13.4. The van der Waals surface area contributed by atoms with Crippen molar-refractivity contribution >= 4 is 66.2 Å². The lowest BCUT2D eigenvalue weighted by Gasteiger charge is -2.00. The van der Waals surface area contributed by atoms with Gasteiger partial charge >= 0.3 is 0 Å². The monoisotopic (exact) mass is 419 g/mol. The van der Waals surface area contributed by atoms with Gasteiger partial charge in [-0.2, -0.15) is 0 Å². The van der Waals surface area contributed by atoms with Crippen LogP contribution in [0, 0.1) is 0 Å². The van der Waals surface area contributed by atoms with Crippen molar-refractivity contribution in [2.24, 2.45) is 0 Å². The first-order valence-electron chi connectivity index (χ1n) is 5.22. The molecule has 0 unspecified atom stereocenters. The summed E-state index contributed by atoms with van der Waals surface area (Å²) in [6.07, 6.45) is 0. The van der Waals surface area contributed by atoms with E-state index in [0.717, 1.165) is 20.0 Å². The number of nitrogens with zero attached hydrogens (tertiary/aromatic N) is 2. The molecule has 19 heavy (non-hydrogen) atoms. The van der Waals surface area contributed by atoms with Crippen molar-refractivity contribution in [2.45, 2.75) is 0 Å². The Bertz CT molecular complexity index is 747. The van der Waals surface area contributed by atoms with Crippen molar-refractivity contribution < 1.29 is 0 Å². The third-order valence-corrected chi connectivity index (χ3v) is 4.39. The summed E-state index contributed by atoms with van der Waals surface area (Å²) in [6.45, 7) is 0. The Labute approximate surface area is 135 Å². The number of nitrogens with one attached hydrogen (secondary N) is 1. The van der Waals surface area contributed by atoms with Crippen molar-refractivity contribution in [2.75, 3.05) is 0 Å². The van der Waals surface area contributed by atoms with Gasteiger partial charge < -0.3 is 4.98 Å². The number of H-pyrrole nitrogens is 1. The van der Waals surface area contributed by atoms with Crippen LogP contribution >= 0.6 is 55.1 Å². The molecule has 3 aromatic rings. The van der Waals surface area contributed by atoms with Gasteiger partial charge in [-0.05, 0) is 40.2 Å². The summed E-state index contributed by atoms with van der Waals surface area (Å²) in [5.41, 5.74) is 2.23. The molecule has 0 spiro atoms. The second-order valence-electron chi connectivity index (χ2n) is 3.84. The highest BCUT2D eigenvalue weighted by molar-refractivity contribution is 9.11. The number of rotatable bonds is 1. The zero-order valence-electron chi connectivity index (χ0n) is 9.22. The minimum atomic E-state index is 0.252. The number of aromatic amines is 1. The van der Waals surface area contributed by atoms with Gasteiger partial charge in [0.15, 0.2) is 5.65 Å². The molecule has 1 aromatic carbocycles. The van der Waals surface area contributed by atoms with E-state index in [2.05, 4.69) is 46.8 Å². The first-order valence-corrected chi connectivity index (χ1v) is 7.56. The molecule has 0 saturated carbocycles. The maximum atomic E-state index is 5.94. The van der Waals surface area contributed by atoms with E-state index < -0.39 is 0 Å². The molecule has 3 rings (SSSR count). The fourth-order valence-electron chi connectivity index (χ4n) is 1.71. The van der Waals surface area contributed by atoms with Crippen LogP contribution in [0.15, 0.2) is 33.2 Å². The molecule has 7 heteroatoms. The Morgan fingerprint density at radius 2 is 1.84 bits per heavy atom. The van der Waals surface area contributed by atoms with E-state index in [1.807, 2.05) is 18.2 Å². The number of hydrogen-bond acceptors (Lipinski definition) is 2. The van der Waals surface area contributed by atoms with Gasteiger partial charge in [-0.3, -0.25) is 0 Å². The van der Waals surface area contributed by atoms with Crippen LogP contribution < -0.4 is 0 Å². The van der Waals surface area contributed by atoms with E-state index in [1.54, 1.807) is 6.07 Å². The minimum absolute atomic E-state index is 0.252. The predicted octanol–water partition coefficient (Wildman–Crippen LogP) is 5.46. The molecule has 0 aliphatic rings. The van der Waals surface area contributed by atoms with Gasteiger partial charge in [-0.25, -0.2) is 9.97 Å². The zero-order chi connectivity index (χ0) is 13.6. The largest absolute Gasteiger partial charge is 0.336 e. The Morgan fingerprint density at radius 1 is 1.05 bits per heavy atom.